The van der Waals surface area contributed by atoms with Gasteiger partial charge >= 0.3 is 0 Å². The zero-order valence-corrected chi connectivity index (χ0v) is 29.9. The van der Waals surface area contributed by atoms with E-state index in [1.165, 1.54) is 35.2 Å². The van der Waals surface area contributed by atoms with Gasteiger partial charge in [-0.1, -0.05) is 107 Å². The van der Waals surface area contributed by atoms with Crippen molar-refractivity contribution in [1.82, 2.24) is 10.2 Å². The molecule has 0 radical (unpaired) electrons. The average molecular weight is 736 g/mol. The van der Waals surface area contributed by atoms with Crippen LogP contribution < -0.4 is 9.62 Å². The molecule has 0 saturated carbocycles. The molecule has 0 heterocycles. The van der Waals surface area contributed by atoms with Crippen LogP contribution in [-0.2, 0) is 32.6 Å². The van der Waals surface area contributed by atoms with E-state index in [0.29, 0.717) is 22.0 Å². The summed E-state index contributed by atoms with van der Waals surface area (Å²) in [6.07, 6.45) is 0.802. The van der Waals surface area contributed by atoms with E-state index in [-0.39, 0.29) is 39.6 Å². The van der Waals surface area contributed by atoms with Crippen LogP contribution in [0.2, 0.25) is 20.1 Å². The molecule has 1 N–H and O–H groups in total. The van der Waals surface area contributed by atoms with Crippen molar-refractivity contribution in [1.29, 1.82) is 0 Å². The van der Waals surface area contributed by atoms with Gasteiger partial charge in [0.2, 0.25) is 11.8 Å². The lowest BCUT2D eigenvalue weighted by Gasteiger charge is -2.34. The number of hydrogen-bond acceptors (Lipinski definition) is 4. The van der Waals surface area contributed by atoms with Gasteiger partial charge in [-0.15, -0.1) is 0 Å². The number of nitrogens with zero attached hydrogens (tertiary/aromatic N) is 2. The van der Waals surface area contributed by atoms with Gasteiger partial charge in [0, 0.05) is 44.7 Å². The molecule has 0 aliphatic heterocycles. The summed E-state index contributed by atoms with van der Waals surface area (Å²) in [7, 11) is -4.33. The van der Waals surface area contributed by atoms with Crippen LogP contribution in [0.25, 0.3) is 0 Å². The van der Waals surface area contributed by atoms with Gasteiger partial charge in [0.05, 0.1) is 10.6 Å². The summed E-state index contributed by atoms with van der Waals surface area (Å²) in [4.78, 5) is 29.9. The van der Waals surface area contributed by atoms with Crippen LogP contribution in [0.5, 0.6) is 0 Å². The third-order valence-electron chi connectivity index (χ3n) is 7.69. The maximum Gasteiger partial charge on any atom is 0.264 e. The van der Waals surface area contributed by atoms with Crippen molar-refractivity contribution in [2.24, 2.45) is 0 Å². The second kappa shape index (κ2) is 16.2. The fraction of sp³-hybridized carbons (Fsp3) is 0.257. The molecular weight excluding hydrogens is 700 g/mol. The fourth-order valence-corrected chi connectivity index (χ4v) is 7.33. The average Bonchev–Trinajstić information content (AvgIpc) is 3.02. The number of carbonyl (C=O) groups is 2. The summed E-state index contributed by atoms with van der Waals surface area (Å²) in [5.41, 5.74) is 2.15. The van der Waals surface area contributed by atoms with E-state index in [1.54, 1.807) is 30.3 Å². The van der Waals surface area contributed by atoms with Gasteiger partial charge in [-0.2, -0.15) is 0 Å². The highest BCUT2D eigenvalue weighted by Gasteiger charge is 2.35. The molecule has 47 heavy (non-hydrogen) atoms. The van der Waals surface area contributed by atoms with Crippen LogP contribution in [0, 0.1) is 6.92 Å². The van der Waals surface area contributed by atoms with E-state index >= 15 is 0 Å². The molecule has 2 atom stereocenters. The van der Waals surface area contributed by atoms with Crippen LogP contribution in [0.3, 0.4) is 0 Å². The predicted molar refractivity (Wildman–Crippen MR) is 191 cm³/mol. The first-order chi connectivity index (χ1) is 22.3. The van der Waals surface area contributed by atoms with Gasteiger partial charge in [-0.05, 0) is 68.3 Å². The lowest BCUT2D eigenvalue weighted by Crippen LogP contribution is -2.54. The quantitative estimate of drug-likeness (QED) is 0.150. The Kier molecular flexibility index (Phi) is 12.6. The van der Waals surface area contributed by atoms with Gasteiger partial charge in [-0.3, -0.25) is 13.9 Å². The Morgan fingerprint density at radius 3 is 2.00 bits per heavy atom. The number of halogens is 4. The first-order valence-corrected chi connectivity index (χ1v) is 17.9. The standard InChI is InChI=1S/C35H35Cl4N3O4S/c1-4-24(3)40-35(44)33(17-25-9-6-5-7-10-25)41(21-30-31(38)11-8-12-32(30)39)34(43)22-42(28-19-26(36)18-27(37)20-28)47(45,46)29-15-13-23(2)14-16-29/h5-16,18-20,24,33H,4,17,21-22H2,1-3H3,(H,40,44)/t24-,33-/m0/s1. The summed E-state index contributed by atoms with van der Waals surface area (Å²) in [5.74, 6) is -1.08. The molecule has 4 rings (SSSR count). The van der Waals surface area contributed by atoms with Crippen molar-refractivity contribution in [2.75, 3.05) is 10.8 Å². The Labute approximate surface area is 296 Å². The molecule has 0 aliphatic carbocycles. The summed E-state index contributed by atoms with van der Waals surface area (Å²) in [6.45, 7) is 4.79. The predicted octanol–water partition coefficient (Wildman–Crippen LogP) is 8.36. The number of carbonyl (C=O) groups excluding carboxylic acids is 2. The molecule has 0 aromatic heterocycles. The van der Waals surface area contributed by atoms with E-state index in [1.807, 2.05) is 51.1 Å². The Balaban J connectivity index is 1.87. The summed E-state index contributed by atoms with van der Waals surface area (Å²) in [5, 5.41) is 3.94. The van der Waals surface area contributed by atoms with E-state index in [2.05, 4.69) is 5.32 Å². The molecule has 0 spiro atoms. The van der Waals surface area contributed by atoms with E-state index in [9.17, 15) is 18.0 Å². The minimum absolute atomic E-state index is 0.0388. The summed E-state index contributed by atoms with van der Waals surface area (Å²) >= 11 is 25.8. The summed E-state index contributed by atoms with van der Waals surface area (Å²) in [6, 6.07) is 23.5. The number of amides is 2. The number of aryl methyl sites for hydroxylation is 1. The SMILES string of the molecule is CC[C@H](C)NC(=O)[C@H](Cc1ccccc1)N(Cc1c(Cl)cccc1Cl)C(=O)CN(c1cc(Cl)cc(Cl)c1)S(=O)(=O)c1ccc(C)cc1. The van der Waals surface area contributed by atoms with Crippen LogP contribution in [0.1, 0.15) is 37.0 Å². The molecule has 0 fully saturated rings. The number of rotatable bonds is 13. The third kappa shape index (κ3) is 9.42. The molecule has 4 aromatic carbocycles. The van der Waals surface area contributed by atoms with Crippen molar-refractivity contribution in [3.63, 3.8) is 0 Å². The summed E-state index contributed by atoms with van der Waals surface area (Å²) < 4.78 is 29.4. The molecule has 2 amide bonds. The Morgan fingerprint density at radius 2 is 1.43 bits per heavy atom. The highest BCUT2D eigenvalue weighted by atomic mass is 35.5. The first kappa shape index (κ1) is 36.6. The highest BCUT2D eigenvalue weighted by Crippen LogP contribution is 2.32. The van der Waals surface area contributed by atoms with Crippen molar-refractivity contribution >= 4 is 73.9 Å². The van der Waals surface area contributed by atoms with Crippen molar-refractivity contribution in [3.8, 4) is 0 Å². The molecule has 0 bridgehead atoms. The molecule has 0 unspecified atom stereocenters. The van der Waals surface area contributed by atoms with Gasteiger partial charge in [0.15, 0.2) is 0 Å². The zero-order chi connectivity index (χ0) is 34.3. The van der Waals surface area contributed by atoms with E-state index in [4.69, 9.17) is 46.4 Å². The maximum atomic E-state index is 14.6. The topological polar surface area (TPSA) is 86.8 Å². The molecule has 7 nitrogen and oxygen atoms in total. The largest absolute Gasteiger partial charge is 0.352 e. The van der Waals surface area contributed by atoms with Crippen LogP contribution in [0.4, 0.5) is 5.69 Å². The van der Waals surface area contributed by atoms with Crippen molar-refractivity contribution < 1.29 is 18.0 Å². The first-order valence-electron chi connectivity index (χ1n) is 14.9. The zero-order valence-electron chi connectivity index (χ0n) is 26.1. The molecule has 0 aliphatic rings. The smallest absolute Gasteiger partial charge is 0.264 e. The van der Waals surface area contributed by atoms with Crippen LogP contribution in [0.15, 0.2) is 95.9 Å². The molecule has 12 heteroatoms. The second-order valence-electron chi connectivity index (χ2n) is 11.2. The second-order valence-corrected chi connectivity index (χ2v) is 14.7. The van der Waals surface area contributed by atoms with Gasteiger partial charge in [0.25, 0.3) is 10.0 Å². The number of nitrogens with one attached hydrogen (secondary N) is 1. The molecular formula is C35H35Cl4N3O4S. The van der Waals surface area contributed by atoms with Gasteiger partial charge in [-0.25, -0.2) is 8.42 Å². The normalized spacial score (nSPS) is 12.7. The number of sulfonamides is 1. The number of hydrogen-bond donors (Lipinski definition) is 1. The maximum absolute atomic E-state index is 14.6. The van der Waals surface area contributed by atoms with E-state index < -0.39 is 34.4 Å². The number of anilines is 1. The Morgan fingerprint density at radius 1 is 0.830 bits per heavy atom. The lowest BCUT2D eigenvalue weighted by atomic mass is 10.0. The molecule has 4 aromatic rings. The lowest BCUT2D eigenvalue weighted by molar-refractivity contribution is -0.140. The van der Waals surface area contributed by atoms with Crippen molar-refractivity contribution in [2.45, 2.75) is 57.1 Å². The third-order valence-corrected chi connectivity index (χ3v) is 10.6. The van der Waals surface area contributed by atoms with E-state index in [0.717, 1.165) is 15.4 Å². The minimum Gasteiger partial charge on any atom is -0.352 e. The van der Waals surface area contributed by atoms with Crippen LogP contribution >= 0.6 is 46.4 Å². The minimum atomic E-state index is -4.33. The Bertz CT molecular complexity index is 1780. The van der Waals surface area contributed by atoms with Crippen LogP contribution in [-0.4, -0.2) is 43.8 Å². The van der Waals surface area contributed by atoms with Crippen molar-refractivity contribution in [3.05, 3.63) is 128 Å². The molecule has 0 saturated heterocycles. The van der Waals surface area contributed by atoms with Gasteiger partial charge < -0.3 is 10.2 Å². The monoisotopic (exact) mass is 733 g/mol. The highest BCUT2D eigenvalue weighted by molar-refractivity contribution is 7.92. The molecule has 248 valence electrons. The fourth-order valence-electron chi connectivity index (χ4n) is 4.90. The Hall–Kier alpha value is -3.27. The number of benzene rings is 4. The van der Waals surface area contributed by atoms with Gasteiger partial charge in [0.1, 0.15) is 12.6 Å².